The molecule has 0 spiro atoms. The molecule has 2 aliphatic heterocycles. The molecule has 0 aromatic heterocycles. The van der Waals surface area contributed by atoms with Gasteiger partial charge in [0.05, 0.1) is 6.54 Å². The molecule has 2 heterocycles. The first kappa shape index (κ1) is 12.4. The van der Waals surface area contributed by atoms with Gasteiger partial charge >= 0.3 is 0 Å². The van der Waals surface area contributed by atoms with Crippen LogP contribution >= 0.6 is 0 Å². The van der Waals surface area contributed by atoms with Gasteiger partial charge in [-0.25, -0.2) is 0 Å². The summed E-state index contributed by atoms with van der Waals surface area (Å²) in [7, 11) is 0. The van der Waals surface area contributed by atoms with Gasteiger partial charge in [-0.1, -0.05) is 0 Å². The van der Waals surface area contributed by atoms with Crippen molar-refractivity contribution in [2.24, 2.45) is 0 Å². The molecule has 2 unspecified atom stereocenters. The number of carbonyl (C=O) groups excluding carboxylic acids is 2. The molecule has 0 saturated carbocycles. The quantitative estimate of drug-likeness (QED) is 0.729. The highest BCUT2D eigenvalue weighted by Gasteiger charge is 2.31. The van der Waals surface area contributed by atoms with Crippen molar-refractivity contribution in [3.8, 4) is 0 Å². The number of hydrogen-bond acceptors (Lipinski definition) is 2. The number of rotatable bonds is 2. The van der Waals surface area contributed by atoms with Crippen molar-refractivity contribution in [1.82, 2.24) is 9.80 Å². The van der Waals surface area contributed by atoms with Crippen molar-refractivity contribution in [3.63, 3.8) is 0 Å². The highest BCUT2D eigenvalue weighted by molar-refractivity contribution is 5.86. The van der Waals surface area contributed by atoms with Crippen molar-refractivity contribution < 1.29 is 9.59 Å². The SMILES string of the molecule is CC1CCCC(C)N1C(=O)CN1CCCC1=O. The van der Waals surface area contributed by atoms with Crippen LogP contribution in [0.4, 0.5) is 0 Å². The normalized spacial score (nSPS) is 29.9. The predicted molar refractivity (Wildman–Crippen MR) is 65.4 cm³/mol. The van der Waals surface area contributed by atoms with E-state index < -0.39 is 0 Å². The highest BCUT2D eigenvalue weighted by Crippen LogP contribution is 2.23. The van der Waals surface area contributed by atoms with Crippen LogP contribution < -0.4 is 0 Å². The fraction of sp³-hybridized carbons (Fsp3) is 0.846. The number of nitrogens with zero attached hydrogens (tertiary/aromatic N) is 2. The smallest absolute Gasteiger partial charge is 0.242 e. The van der Waals surface area contributed by atoms with Crippen LogP contribution in [0, 0.1) is 0 Å². The topological polar surface area (TPSA) is 40.6 Å². The molecule has 96 valence electrons. The van der Waals surface area contributed by atoms with E-state index in [2.05, 4.69) is 13.8 Å². The summed E-state index contributed by atoms with van der Waals surface area (Å²) in [4.78, 5) is 27.4. The van der Waals surface area contributed by atoms with Gasteiger partial charge in [-0.2, -0.15) is 0 Å². The Morgan fingerprint density at radius 1 is 1.24 bits per heavy atom. The van der Waals surface area contributed by atoms with Gasteiger partial charge in [0, 0.05) is 25.0 Å². The fourth-order valence-corrected chi connectivity index (χ4v) is 3.03. The summed E-state index contributed by atoms with van der Waals surface area (Å²) in [5, 5.41) is 0. The Bertz CT molecular complexity index is 307. The number of piperidine rings is 1. The maximum absolute atomic E-state index is 12.3. The van der Waals surface area contributed by atoms with E-state index in [4.69, 9.17) is 0 Å². The van der Waals surface area contributed by atoms with Crippen molar-refractivity contribution >= 4 is 11.8 Å². The molecule has 2 aliphatic rings. The molecule has 0 N–H and O–H groups in total. The van der Waals surface area contributed by atoms with Crippen molar-refractivity contribution in [3.05, 3.63) is 0 Å². The molecule has 2 fully saturated rings. The van der Waals surface area contributed by atoms with E-state index in [9.17, 15) is 9.59 Å². The molecular weight excluding hydrogens is 216 g/mol. The Balaban J connectivity index is 1.96. The van der Waals surface area contributed by atoms with E-state index in [1.165, 1.54) is 6.42 Å². The summed E-state index contributed by atoms with van der Waals surface area (Å²) >= 11 is 0. The second-order valence-corrected chi connectivity index (χ2v) is 5.35. The summed E-state index contributed by atoms with van der Waals surface area (Å²) in [6.45, 7) is 5.26. The first-order valence-corrected chi connectivity index (χ1v) is 6.68. The molecule has 4 nitrogen and oxygen atoms in total. The zero-order valence-corrected chi connectivity index (χ0v) is 10.8. The van der Waals surface area contributed by atoms with Crippen LogP contribution in [0.2, 0.25) is 0 Å². The number of carbonyl (C=O) groups is 2. The van der Waals surface area contributed by atoms with E-state index >= 15 is 0 Å². The first-order valence-electron chi connectivity index (χ1n) is 6.68. The maximum Gasteiger partial charge on any atom is 0.242 e. The summed E-state index contributed by atoms with van der Waals surface area (Å²) in [5.41, 5.74) is 0. The minimum Gasteiger partial charge on any atom is -0.336 e. The van der Waals surface area contributed by atoms with E-state index in [0.717, 1.165) is 25.8 Å². The van der Waals surface area contributed by atoms with E-state index in [0.29, 0.717) is 18.5 Å². The van der Waals surface area contributed by atoms with E-state index in [1.807, 2.05) is 4.90 Å². The number of likely N-dealkylation sites (tertiary alicyclic amines) is 2. The third kappa shape index (κ3) is 2.61. The lowest BCUT2D eigenvalue weighted by molar-refractivity contribution is -0.142. The third-order valence-electron chi connectivity index (χ3n) is 3.98. The zero-order chi connectivity index (χ0) is 12.4. The monoisotopic (exact) mass is 238 g/mol. The lowest BCUT2D eigenvalue weighted by atomic mass is 9.97. The summed E-state index contributed by atoms with van der Waals surface area (Å²) < 4.78 is 0. The van der Waals surface area contributed by atoms with Crippen molar-refractivity contribution in [1.29, 1.82) is 0 Å². The summed E-state index contributed by atoms with van der Waals surface area (Å²) in [6, 6.07) is 0.646. The largest absolute Gasteiger partial charge is 0.336 e. The van der Waals surface area contributed by atoms with Crippen molar-refractivity contribution in [2.45, 2.75) is 58.0 Å². The third-order valence-corrected chi connectivity index (χ3v) is 3.98. The molecule has 2 atom stereocenters. The lowest BCUT2D eigenvalue weighted by Gasteiger charge is -2.39. The van der Waals surface area contributed by atoms with E-state index in [-0.39, 0.29) is 18.4 Å². The number of hydrogen-bond donors (Lipinski definition) is 0. The molecular formula is C13H22N2O2. The average molecular weight is 238 g/mol. The van der Waals surface area contributed by atoms with Crippen LogP contribution in [0.3, 0.4) is 0 Å². The second kappa shape index (κ2) is 5.07. The van der Waals surface area contributed by atoms with Gasteiger partial charge in [0.2, 0.25) is 11.8 Å². The van der Waals surface area contributed by atoms with E-state index in [1.54, 1.807) is 4.90 Å². The minimum atomic E-state index is 0.125. The van der Waals surface area contributed by atoms with Crippen LogP contribution in [-0.2, 0) is 9.59 Å². The minimum absolute atomic E-state index is 0.125. The van der Waals surface area contributed by atoms with Gasteiger partial charge in [0.1, 0.15) is 0 Å². The summed E-state index contributed by atoms with van der Waals surface area (Å²) in [6.07, 6.45) is 4.89. The Kier molecular flexibility index (Phi) is 3.69. The second-order valence-electron chi connectivity index (χ2n) is 5.35. The van der Waals surface area contributed by atoms with Gasteiger partial charge in [-0.3, -0.25) is 9.59 Å². The average Bonchev–Trinajstić information content (AvgIpc) is 2.64. The molecule has 2 amide bonds. The molecule has 0 aliphatic carbocycles. The predicted octanol–water partition coefficient (Wildman–Crippen LogP) is 1.40. The Labute approximate surface area is 103 Å². The van der Waals surface area contributed by atoms with Crippen LogP contribution in [0.25, 0.3) is 0 Å². The molecule has 0 bridgehead atoms. The van der Waals surface area contributed by atoms with Gasteiger partial charge in [0.15, 0.2) is 0 Å². The molecule has 2 rings (SSSR count). The van der Waals surface area contributed by atoms with Gasteiger partial charge < -0.3 is 9.80 Å². The van der Waals surface area contributed by atoms with Gasteiger partial charge in [-0.15, -0.1) is 0 Å². The summed E-state index contributed by atoms with van der Waals surface area (Å²) in [5.74, 6) is 0.260. The fourth-order valence-electron chi connectivity index (χ4n) is 3.03. The van der Waals surface area contributed by atoms with Crippen LogP contribution in [-0.4, -0.2) is 46.8 Å². The molecule has 0 aromatic carbocycles. The van der Waals surface area contributed by atoms with Gasteiger partial charge in [0.25, 0.3) is 0 Å². The van der Waals surface area contributed by atoms with Crippen LogP contribution in [0.15, 0.2) is 0 Å². The Hall–Kier alpha value is -1.06. The molecule has 0 radical (unpaired) electrons. The van der Waals surface area contributed by atoms with Crippen molar-refractivity contribution in [2.75, 3.05) is 13.1 Å². The zero-order valence-electron chi connectivity index (χ0n) is 10.8. The highest BCUT2D eigenvalue weighted by atomic mass is 16.2. The maximum atomic E-state index is 12.3. The molecule has 2 saturated heterocycles. The van der Waals surface area contributed by atoms with Gasteiger partial charge in [-0.05, 0) is 39.5 Å². The van der Waals surface area contributed by atoms with Crippen LogP contribution in [0.5, 0.6) is 0 Å². The molecule has 0 aromatic rings. The lowest BCUT2D eigenvalue weighted by Crippen LogP contribution is -2.51. The first-order chi connectivity index (χ1) is 8.09. The van der Waals surface area contributed by atoms with Crippen LogP contribution in [0.1, 0.15) is 46.0 Å². The molecule has 4 heteroatoms. The number of amides is 2. The molecule has 17 heavy (non-hydrogen) atoms. The Morgan fingerprint density at radius 2 is 1.88 bits per heavy atom. The Morgan fingerprint density at radius 3 is 2.41 bits per heavy atom. The standard InChI is InChI=1S/C13H22N2O2/c1-10-5-3-6-11(2)15(10)13(17)9-14-8-4-7-12(14)16/h10-11H,3-9H2,1-2H3.